The lowest BCUT2D eigenvalue weighted by Gasteiger charge is -2.31. The highest BCUT2D eigenvalue weighted by Crippen LogP contribution is 2.20. The van der Waals surface area contributed by atoms with Crippen molar-refractivity contribution in [2.24, 2.45) is 14.1 Å². The Balaban J connectivity index is 1.32. The summed E-state index contributed by atoms with van der Waals surface area (Å²) in [5.74, 6) is -0.0360. The van der Waals surface area contributed by atoms with Gasteiger partial charge in [0.2, 0.25) is 0 Å². The van der Waals surface area contributed by atoms with Crippen LogP contribution >= 0.6 is 0 Å². The first-order valence-electron chi connectivity index (χ1n) is 8.83. The van der Waals surface area contributed by atoms with Crippen LogP contribution in [0.5, 0.6) is 6.01 Å². The molecule has 4 rings (SSSR count). The van der Waals surface area contributed by atoms with Crippen LogP contribution in [-0.2, 0) is 14.1 Å². The highest BCUT2D eigenvalue weighted by Gasteiger charge is 2.26. The van der Waals surface area contributed by atoms with Gasteiger partial charge >= 0.3 is 6.01 Å². The van der Waals surface area contributed by atoms with E-state index >= 15 is 0 Å². The molecule has 0 unspecified atom stereocenters. The molecule has 1 amide bonds. The molecule has 0 radical (unpaired) electrons. The summed E-state index contributed by atoms with van der Waals surface area (Å²) in [4.78, 5) is 27.0. The zero-order valence-electron chi connectivity index (χ0n) is 15.3. The molecule has 0 saturated carbocycles. The number of aromatic nitrogens is 6. The van der Waals surface area contributed by atoms with Crippen molar-refractivity contribution in [3.05, 3.63) is 43.0 Å². The number of piperidine rings is 1. The smallest absolute Gasteiger partial charge is 0.316 e. The predicted octanol–water partition coefficient (Wildman–Crippen LogP) is 1.29. The molecule has 0 aromatic carbocycles. The van der Waals surface area contributed by atoms with Crippen LogP contribution in [0.1, 0.15) is 23.3 Å². The molecule has 0 spiro atoms. The first-order valence-corrected chi connectivity index (χ1v) is 8.83. The van der Waals surface area contributed by atoms with E-state index in [2.05, 4.69) is 20.1 Å². The number of amides is 1. The fourth-order valence-corrected chi connectivity index (χ4v) is 3.11. The second kappa shape index (κ2) is 7.18. The number of carbonyl (C=O) groups excluding carboxylic acids is 1. The van der Waals surface area contributed by atoms with Crippen LogP contribution in [0.15, 0.2) is 37.3 Å². The molecule has 3 aromatic heterocycles. The minimum atomic E-state index is -0.0360. The van der Waals surface area contributed by atoms with E-state index in [1.165, 1.54) is 0 Å². The summed E-state index contributed by atoms with van der Waals surface area (Å²) >= 11 is 0. The molecule has 27 heavy (non-hydrogen) atoms. The monoisotopic (exact) mass is 367 g/mol. The lowest BCUT2D eigenvalue weighted by molar-refractivity contribution is 0.0574. The summed E-state index contributed by atoms with van der Waals surface area (Å²) in [6.07, 6.45) is 12.0. The molecule has 9 heteroatoms. The summed E-state index contributed by atoms with van der Waals surface area (Å²) in [5, 5.41) is 4.15. The molecule has 140 valence electrons. The summed E-state index contributed by atoms with van der Waals surface area (Å²) in [5.41, 5.74) is 2.34. The summed E-state index contributed by atoms with van der Waals surface area (Å²) in [6, 6.07) is 0.358. The molecule has 1 aliphatic rings. The minimum Gasteiger partial charge on any atom is -0.460 e. The van der Waals surface area contributed by atoms with E-state index in [4.69, 9.17) is 4.74 Å². The lowest BCUT2D eigenvalue weighted by atomic mass is 10.1. The normalized spacial score (nSPS) is 15.1. The van der Waals surface area contributed by atoms with E-state index in [9.17, 15) is 4.79 Å². The minimum absolute atomic E-state index is 0.00187. The van der Waals surface area contributed by atoms with Gasteiger partial charge < -0.3 is 14.2 Å². The molecule has 0 aliphatic carbocycles. The van der Waals surface area contributed by atoms with Gasteiger partial charge in [-0.2, -0.15) is 5.10 Å². The average Bonchev–Trinajstić information content (AvgIpc) is 3.31. The van der Waals surface area contributed by atoms with Crippen LogP contribution in [0.2, 0.25) is 0 Å². The van der Waals surface area contributed by atoms with Crippen LogP contribution in [0, 0.1) is 0 Å². The number of hydrogen-bond donors (Lipinski definition) is 0. The molecule has 3 aromatic rings. The topological polar surface area (TPSA) is 91.0 Å². The van der Waals surface area contributed by atoms with E-state index < -0.39 is 0 Å². The number of nitrogens with zero attached hydrogens (tertiary/aromatic N) is 7. The molecule has 1 fully saturated rings. The van der Waals surface area contributed by atoms with Crippen molar-refractivity contribution >= 4 is 5.91 Å². The fourth-order valence-electron chi connectivity index (χ4n) is 3.11. The second-order valence-corrected chi connectivity index (χ2v) is 6.69. The van der Waals surface area contributed by atoms with E-state index in [-0.39, 0.29) is 12.0 Å². The van der Waals surface area contributed by atoms with Gasteiger partial charge in [0.1, 0.15) is 11.8 Å². The summed E-state index contributed by atoms with van der Waals surface area (Å²) in [7, 11) is 3.72. The van der Waals surface area contributed by atoms with Gasteiger partial charge in [-0.25, -0.2) is 15.0 Å². The van der Waals surface area contributed by atoms with Crippen molar-refractivity contribution in [2.75, 3.05) is 13.1 Å². The molecule has 0 N–H and O–H groups in total. The van der Waals surface area contributed by atoms with Gasteiger partial charge in [0, 0.05) is 75.9 Å². The van der Waals surface area contributed by atoms with E-state index in [0.717, 1.165) is 24.0 Å². The average molecular weight is 367 g/mol. The predicted molar refractivity (Wildman–Crippen MR) is 97.0 cm³/mol. The van der Waals surface area contributed by atoms with E-state index in [1.54, 1.807) is 40.4 Å². The zero-order chi connectivity index (χ0) is 18.8. The Hall–Kier alpha value is -3.23. The third-order valence-electron chi connectivity index (χ3n) is 4.59. The number of carbonyl (C=O) groups is 1. The number of ether oxygens (including phenoxy) is 1. The van der Waals surface area contributed by atoms with Crippen LogP contribution in [-0.4, -0.2) is 59.3 Å². The second-order valence-electron chi connectivity index (χ2n) is 6.69. The molecule has 4 heterocycles. The Morgan fingerprint density at radius 3 is 2.37 bits per heavy atom. The van der Waals surface area contributed by atoms with Crippen molar-refractivity contribution in [3.63, 3.8) is 0 Å². The number of hydrogen-bond acceptors (Lipinski definition) is 6. The maximum atomic E-state index is 12.4. The highest BCUT2D eigenvalue weighted by molar-refractivity contribution is 5.92. The van der Waals surface area contributed by atoms with Crippen LogP contribution in [0.25, 0.3) is 11.1 Å². The van der Waals surface area contributed by atoms with Gasteiger partial charge in [-0.3, -0.25) is 9.48 Å². The molecular formula is C18H21N7O2. The van der Waals surface area contributed by atoms with Gasteiger partial charge in [-0.05, 0) is 0 Å². The Bertz CT molecular complexity index is 923. The first-order chi connectivity index (χ1) is 13.1. The van der Waals surface area contributed by atoms with Gasteiger partial charge in [0.05, 0.1) is 12.5 Å². The number of aryl methyl sites for hydroxylation is 2. The Labute approximate surface area is 156 Å². The van der Waals surface area contributed by atoms with Crippen molar-refractivity contribution in [2.45, 2.75) is 18.9 Å². The SMILES string of the molecule is Cn1cnc(C(=O)N2CCC(Oc3ncc(-c4cnn(C)c4)cn3)CC2)c1. The largest absolute Gasteiger partial charge is 0.460 e. The maximum Gasteiger partial charge on any atom is 0.316 e. The van der Waals surface area contributed by atoms with Crippen LogP contribution in [0.4, 0.5) is 0 Å². The van der Waals surface area contributed by atoms with E-state index in [1.807, 2.05) is 25.2 Å². The third-order valence-corrected chi connectivity index (χ3v) is 4.59. The lowest BCUT2D eigenvalue weighted by Crippen LogP contribution is -2.42. The van der Waals surface area contributed by atoms with Gasteiger partial charge in [-0.1, -0.05) is 0 Å². The molecular weight excluding hydrogens is 346 g/mol. The number of likely N-dealkylation sites (tertiary alicyclic amines) is 1. The Morgan fingerprint density at radius 2 is 1.78 bits per heavy atom. The number of rotatable bonds is 4. The zero-order valence-corrected chi connectivity index (χ0v) is 15.3. The van der Waals surface area contributed by atoms with Gasteiger partial charge in [0.15, 0.2) is 0 Å². The van der Waals surface area contributed by atoms with Crippen molar-refractivity contribution in [1.82, 2.24) is 34.2 Å². The van der Waals surface area contributed by atoms with Gasteiger partial charge in [-0.15, -0.1) is 0 Å². The Morgan fingerprint density at radius 1 is 1.04 bits per heavy atom. The standard InChI is InChI=1S/C18H21N7O2/c1-23-11-16(21-12-23)17(26)25-5-3-15(4-6-25)27-18-19-7-13(8-20-18)14-9-22-24(2)10-14/h7-12,15H,3-6H2,1-2H3. The number of imidazole rings is 1. The molecule has 0 bridgehead atoms. The van der Waals surface area contributed by atoms with Crippen molar-refractivity contribution < 1.29 is 9.53 Å². The van der Waals surface area contributed by atoms with Crippen LogP contribution < -0.4 is 4.74 Å². The molecule has 1 aliphatic heterocycles. The van der Waals surface area contributed by atoms with Crippen LogP contribution in [0.3, 0.4) is 0 Å². The third kappa shape index (κ3) is 3.81. The fraction of sp³-hybridized carbons (Fsp3) is 0.389. The summed E-state index contributed by atoms with van der Waals surface area (Å²) < 4.78 is 9.40. The van der Waals surface area contributed by atoms with E-state index in [0.29, 0.717) is 24.8 Å². The molecule has 1 saturated heterocycles. The molecule has 9 nitrogen and oxygen atoms in total. The first kappa shape index (κ1) is 17.2. The van der Waals surface area contributed by atoms with Crippen molar-refractivity contribution in [3.8, 4) is 17.1 Å². The van der Waals surface area contributed by atoms with Gasteiger partial charge in [0.25, 0.3) is 5.91 Å². The quantitative estimate of drug-likeness (QED) is 0.690. The highest BCUT2D eigenvalue weighted by atomic mass is 16.5. The summed E-state index contributed by atoms with van der Waals surface area (Å²) in [6.45, 7) is 1.27. The van der Waals surface area contributed by atoms with Crippen molar-refractivity contribution in [1.29, 1.82) is 0 Å². The maximum absolute atomic E-state index is 12.4. The molecule has 0 atom stereocenters. The Kier molecular flexibility index (Phi) is 4.57.